The van der Waals surface area contributed by atoms with Gasteiger partial charge in [0.05, 0.1) is 6.26 Å². The maximum atomic E-state index is 12.5. The summed E-state index contributed by atoms with van der Waals surface area (Å²) >= 11 is 0. The molecule has 1 amide bonds. The Morgan fingerprint density at radius 2 is 1.47 bits per heavy atom. The molecule has 7 heteroatoms. The first-order chi connectivity index (χ1) is 15.9. The van der Waals surface area contributed by atoms with Gasteiger partial charge < -0.3 is 9.64 Å². The number of sulfonamides is 1. The van der Waals surface area contributed by atoms with Crippen molar-refractivity contribution < 1.29 is 17.9 Å². The van der Waals surface area contributed by atoms with Gasteiger partial charge in [-0.05, 0) is 42.1 Å². The number of carbonyl (C=O) groups is 1. The van der Waals surface area contributed by atoms with Crippen LogP contribution in [0.25, 0.3) is 0 Å². The maximum Gasteiger partial charge on any atom is 0.410 e. The zero-order chi connectivity index (χ0) is 25.0. The molecule has 0 fully saturated rings. The number of benzene rings is 1. The van der Waals surface area contributed by atoms with Crippen LogP contribution in [0.15, 0.2) is 53.6 Å². The molecule has 2 heterocycles. The second-order valence-electron chi connectivity index (χ2n) is 10.8. The molecular formula is C27H40N2O4S. The molecule has 2 aliphatic heterocycles. The lowest BCUT2D eigenvalue weighted by molar-refractivity contribution is 0.0977. The molecule has 0 spiro atoms. The summed E-state index contributed by atoms with van der Waals surface area (Å²) < 4.78 is 30.6. The smallest absolute Gasteiger partial charge is 0.410 e. The Kier molecular flexibility index (Phi) is 8.30. The maximum absolute atomic E-state index is 12.5. The van der Waals surface area contributed by atoms with Crippen LogP contribution in [-0.2, 0) is 21.4 Å². The average Bonchev–Trinajstić information content (AvgIpc) is 2.82. The number of nitrogens with zero attached hydrogens (tertiary/aromatic N) is 2. The highest BCUT2D eigenvalue weighted by molar-refractivity contribution is 7.88. The van der Waals surface area contributed by atoms with Crippen LogP contribution < -0.4 is 0 Å². The minimum atomic E-state index is -3.13. The monoisotopic (exact) mass is 488 g/mol. The lowest BCUT2D eigenvalue weighted by Crippen LogP contribution is -2.37. The number of rotatable bonds is 8. The fraction of sp³-hybridized carbons (Fsp3) is 0.593. The molecule has 0 N–H and O–H groups in total. The highest BCUT2D eigenvalue weighted by Crippen LogP contribution is 2.42. The Morgan fingerprint density at radius 1 is 0.912 bits per heavy atom. The van der Waals surface area contributed by atoms with Gasteiger partial charge in [-0.1, -0.05) is 81.3 Å². The Labute approximate surface area is 205 Å². The summed E-state index contributed by atoms with van der Waals surface area (Å²) in [4.78, 5) is 14.2. The number of amides is 1. The normalized spacial score (nSPS) is 18.3. The average molecular weight is 489 g/mol. The predicted molar refractivity (Wildman–Crippen MR) is 137 cm³/mol. The van der Waals surface area contributed by atoms with Gasteiger partial charge in [-0.3, -0.25) is 0 Å². The van der Waals surface area contributed by atoms with Crippen LogP contribution in [0, 0.1) is 10.8 Å². The molecular weight excluding hydrogens is 448 g/mol. The van der Waals surface area contributed by atoms with Crippen LogP contribution in [0.1, 0.15) is 58.9 Å². The zero-order valence-electron chi connectivity index (χ0n) is 21.3. The fourth-order valence-corrected chi connectivity index (χ4v) is 5.54. The summed E-state index contributed by atoms with van der Waals surface area (Å²) in [5, 5.41) is 0. The van der Waals surface area contributed by atoms with Gasteiger partial charge in [0.2, 0.25) is 10.0 Å². The molecule has 0 unspecified atom stereocenters. The number of hydrogen-bond donors (Lipinski definition) is 0. The van der Waals surface area contributed by atoms with Crippen molar-refractivity contribution in [3.05, 3.63) is 59.2 Å². The van der Waals surface area contributed by atoms with Gasteiger partial charge in [0.25, 0.3) is 0 Å². The van der Waals surface area contributed by atoms with E-state index in [0.29, 0.717) is 32.8 Å². The van der Waals surface area contributed by atoms with E-state index in [-0.39, 0.29) is 16.9 Å². The van der Waals surface area contributed by atoms with Gasteiger partial charge in [-0.15, -0.1) is 0 Å². The second-order valence-corrected chi connectivity index (χ2v) is 12.8. The fourth-order valence-electron chi connectivity index (χ4n) is 4.77. The summed E-state index contributed by atoms with van der Waals surface area (Å²) in [5.41, 5.74) is 3.82. The molecule has 0 saturated heterocycles. The van der Waals surface area contributed by atoms with Crippen LogP contribution in [-0.4, -0.2) is 56.2 Å². The third kappa shape index (κ3) is 6.95. The van der Waals surface area contributed by atoms with Gasteiger partial charge in [-0.2, -0.15) is 4.31 Å². The quantitative estimate of drug-likeness (QED) is 0.461. The van der Waals surface area contributed by atoms with Crippen molar-refractivity contribution in [2.24, 2.45) is 10.8 Å². The van der Waals surface area contributed by atoms with Crippen LogP contribution in [0.3, 0.4) is 0 Å². The number of carbonyl (C=O) groups excluding carboxylic acids is 1. The van der Waals surface area contributed by atoms with E-state index < -0.39 is 10.0 Å². The van der Waals surface area contributed by atoms with Gasteiger partial charge >= 0.3 is 6.09 Å². The van der Waals surface area contributed by atoms with Crippen molar-refractivity contribution in [2.75, 3.05) is 32.4 Å². The Balaban J connectivity index is 1.51. The van der Waals surface area contributed by atoms with Crippen molar-refractivity contribution in [1.82, 2.24) is 9.21 Å². The minimum absolute atomic E-state index is 0.0311. The van der Waals surface area contributed by atoms with Gasteiger partial charge in [0, 0.05) is 26.2 Å². The van der Waals surface area contributed by atoms with Crippen LogP contribution in [0.4, 0.5) is 4.79 Å². The summed E-state index contributed by atoms with van der Waals surface area (Å²) in [6.07, 6.45) is 9.05. The molecule has 0 saturated carbocycles. The second kappa shape index (κ2) is 10.6. The summed E-state index contributed by atoms with van der Waals surface area (Å²) in [7, 11) is -3.13. The Bertz CT molecular complexity index is 1030. The highest BCUT2D eigenvalue weighted by atomic mass is 32.2. The van der Waals surface area contributed by atoms with Crippen molar-refractivity contribution in [3.63, 3.8) is 0 Å². The molecule has 2 aliphatic rings. The molecule has 3 rings (SSSR count). The molecule has 188 valence electrons. The summed E-state index contributed by atoms with van der Waals surface area (Å²) in [6.45, 7) is 11.7. The van der Waals surface area contributed by atoms with E-state index in [0.717, 1.165) is 31.2 Å². The van der Waals surface area contributed by atoms with E-state index in [1.807, 2.05) is 30.3 Å². The van der Waals surface area contributed by atoms with E-state index in [4.69, 9.17) is 4.74 Å². The molecule has 1 aromatic carbocycles. The van der Waals surface area contributed by atoms with Gasteiger partial charge in [-0.25, -0.2) is 13.2 Å². The standard InChI is InChI=1S/C27H40N2O4S/c1-26(2,15-16-27(3,4)24-13-19-29(20-14-24)34(5,31)32)23-11-17-28(18-12-23)25(30)33-21-22-9-7-6-8-10-22/h6-11,13H,12,14-21H2,1-5H3. The first-order valence-electron chi connectivity index (χ1n) is 12.2. The number of hydrogen-bond acceptors (Lipinski definition) is 4. The Hall–Kier alpha value is -2.12. The van der Waals surface area contributed by atoms with Crippen LogP contribution in [0.2, 0.25) is 0 Å². The van der Waals surface area contributed by atoms with E-state index in [2.05, 4.69) is 39.8 Å². The zero-order valence-corrected chi connectivity index (χ0v) is 22.2. The van der Waals surface area contributed by atoms with E-state index in [1.54, 1.807) is 9.21 Å². The van der Waals surface area contributed by atoms with Crippen molar-refractivity contribution in [2.45, 2.75) is 60.0 Å². The van der Waals surface area contributed by atoms with E-state index in [9.17, 15) is 13.2 Å². The largest absolute Gasteiger partial charge is 0.445 e. The third-order valence-corrected chi connectivity index (χ3v) is 8.70. The highest BCUT2D eigenvalue weighted by Gasteiger charge is 2.33. The van der Waals surface area contributed by atoms with Gasteiger partial charge in [0.15, 0.2) is 0 Å². The lowest BCUT2D eigenvalue weighted by Gasteiger charge is -2.38. The molecule has 6 nitrogen and oxygen atoms in total. The van der Waals surface area contributed by atoms with Gasteiger partial charge in [0.1, 0.15) is 6.61 Å². The van der Waals surface area contributed by atoms with Crippen LogP contribution >= 0.6 is 0 Å². The first-order valence-corrected chi connectivity index (χ1v) is 14.0. The summed E-state index contributed by atoms with van der Waals surface area (Å²) in [6, 6.07) is 9.74. The molecule has 0 aromatic heterocycles. The Morgan fingerprint density at radius 3 is 1.94 bits per heavy atom. The predicted octanol–water partition coefficient (Wildman–Crippen LogP) is 5.38. The SMILES string of the molecule is CC(C)(CCC(C)(C)C1=CCN(S(C)(=O)=O)CC1)C1=CCN(C(=O)OCc2ccccc2)CC1. The van der Waals surface area contributed by atoms with Crippen molar-refractivity contribution in [3.8, 4) is 0 Å². The van der Waals surface area contributed by atoms with Crippen molar-refractivity contribution >= 4 is 16.1 Å². The molecule has 1 aromatic rings. The van der Waals surface area contributed by atoms with E-state index >= 15 is 0 Å². The van der Waals surface area contributed by atoms with Crippen molar-refractivity contribution in [1.29, 1.82) is 0 Å². The van der Waals surface area contributed by atoms with Crippen LogP contribution in [0.5, 0.6) is 0 Å². The van der Waals surface area contributed by atoms with E-state index in [1.165, 1.54) is 17.4 Å². The molecule has 0 radical (unpaired) electrons. The third-order valence-electron chi connectivity index (χ3n) is 7.43. The first kappa shape index (κ1) is 26.5. The molecule has 0 atom stereocenters. The number of ether oxygens (including phenoxy) is 1. The minimum Gasteiger partial charge on any atom is -0.445 e. The topological polar surface area (TPSA) is 66.9 Å². The lowest BCUT2D eigenvalue weighted by atomic mass is 9.70. The molecule has 0 bridgehead atoms. The molecule has 0 aliphatic carbocycles. The molecule has 34 heavy (non-hydrogen) atoms. The summed E-state index contributed by atoms with van der Waals surface area (Å²) in [5.74, 6) is 0.